The molecule has 0 aromatic carbocycles. The van der Waals surface area contributed by atoms with Crippen LogP contribution < -0.4 is 10.5 Å². The van der Waals surface area contributed by atoms with Crippen LogP contribution in [0.2, 0.25) is 0 Å². The first-order chi connectivity index (χ1) is 7.99. The number of rotatable bonds is 7. The molecule has 1 heterocycles. The molecule has 98 valence electrons. The average Bonchev–Trinajstić information content (AvgIpc) is 2.76. The van der Waals surface area contributed by atoms with Gasteiger partial charge in [-0.05, 0) is 31.4 Å². The Morgan fingerprint density at radius 2 is 2.24 bits per heavy atom. The van der Waals surface area contributed by atoms with Gasteiger partial charge in [-0.2, -0.15) is 11.8 Å². The largest absolute Gasteiger partial charge is 0.330 e. The molecule has 3 N–H and O–H groups in total. The summed E-state index contributed by atoms with van der Waals surface area (Å²) in [6.07, 6.45) is 2.69. The van der Waals surface area contributed by atoms with Gasteiger partial charge in [0, 0.05) is 16.7 Å². The van der Waals surface area contributed by atoms with Crippen LogP contribution in [0.3, 0.4) is 0 Å². The summed E-state index contributed by atoms with van der Waals surface area (Å²) >= 11 is 2.92. The molecule has 0 spiro atoms. The van der Waals surface area contributed by atoms with Crippen LogP contribution in [-0.2, 0) is 16.4 Å². The fourth-order valence-corrected chi connectivity index (χ4v) is 4.06. The molecule has 1 aromatic heterocycles. The van der Waals surface area contributed by atoms with E-state index < -0.39 is 10.0 Å². The van der Waals surface area contributed by atoms with Crippen molar-refractivity contribution in [2.45, 2.75) is 22.8 Å². The molecular weight excluding hydrogens is 276 g/mol. The van der Waals surface area contributed by atoms with Crippen LogP contribution in [0.4, 0.5) is 0 Å². The van der Waals surface area contributed by atoms with Crippen LogP contribution in [0.25, 0.3) is 0 Å². The minimum absolute atomic E-state index is 0.272. The molecule has 0 amide bonds. The van der Waals surface area contributed by atoms with Crippen LogP contribution in [-0.4, -0.2) is 33.0 Å². The smallest absolute Gasteiger partial charge is 0.250 e. The number of thioether (sulfide) groups is 1. The highest BCUT2D eigenvalue weighted by Gasteiger charge is 2.17. The SMILES string of the molecule is CSC(C)CNS(=O)(=O)c1ccc(CCN)s1. The van der Waals surface area contributed by atoms with E-state index >= 15 is 0 Å². The maximum absolute atomic E-state index is 11.9. The Balaban J connectivity index is 2.68. The number of hydrogen-bond donors (Lipinski definition) is 2. The molecule has 0 aliphatic rings. The van der Waals surface area contributed by atoms with Crippen molar-refractivity contribution in [2.24, 2.45) is 5.73 Å². The highest BCUT2D eigenvalue weighted by Crippen LogP contribution is 2.21. The van der Waals surface area contributed by atoms with Crippen LogP contribution in [0, 0.1) is 0 Å². The van der Waals surface area contributed by atoms with Gasteiger partial charge in [-0.1, -0.05) is 6.92 Å². The standard InChI is InChI=1S/C10H18N2O2S3/c1-8(15-2)7-12-17(13,14)10-4-3-9(16-10)5-6-11/h3-4,8,12H,5-7,11H2,1-2H3. The summed E-state index contributed by atoms with van der Waals surface area (Å²) in [5.74, 6) is 0. The minimum atomic E-state index is -3.35. The van der Waals surface area contributed by atoms with Gasteiger partial charge in [-0.3, -0.25) is 0 Å². The zero-order chi connectivity index (χ0) is 12.9. The molecule has 1 atom stereocenters. The molecule has 17 heavy (non-hydrogen) atoms. The summed E-state index contributed by atoms with van der Waals surface area (Å²) in [5, 5.41) is 0.272. The van der Waals surface area contributed by atoms with E-state index in [4.69, 9.17) is 5.73 Å². The first kappa shape index (κ1) is 15.0. The minimum Gasteiger partial charge on any atom is -0.330 e. The van der Waals surface area contributed by atoms with Crippen LogP contribution in [0.15, 0.2) is 16.3 Å². The number of hydrogen-bond acceptors (Lipinski definition) is 5. The highest BCUT2D eigenvalue weighted by molar-refractivity contribution is 7.99. The number of nitrogens with one attached hydrogen (secondary N) is 1. The third-order valence-corrected chi connectivity index (χ3v) is 6.29. The summed E-state index contributed by atoms with van der Waals surface area (Å²) < 4.78 is 26.8. The predicted molar refractivity (Wildman–Crippen MR) is 75.2 cm³/mol. The second-order valence-corrected chi connectivity index (χ2v) is 8.10. The first-order valence-electron chi connectivity index (χ1n) is 5.31. The molecule has 0 aliphatic heterocycles. The van der Waals surface area contributed by atoms with Gasteiger partial charge in [0.25, 0.3) is 0 Å². The molecule has 1 unspecified atom stereocenters. The molecule has 1 rings (SSSR count). The van der Waals surface area contributed by atoms with Gasteiger partial charge in [0.2, 0.25) is 10.0 Å². The molecule has 0 saturated carbocycles. The summed E-state index contributed by atoms with van der Waals surface area (Å²) in [6, 6.07) is 3.46. The van der Waals surface area contributed by atoms with Crippen LogP contribution >= 0.6 is 23.1 Å². The summed E-state index contributed by atoms with van der Waals surface area (Å²) in [6.45, 7) is 2.98. The van der Waals surface area contributed by atoms with Gasteiger partial charge >= 0.3 is 0 Å². The highest BCUT2D eigenvalue weighted by atomic mass is 32.2. The zero-order valence-electron chi connectivity index (χ0n) is 9.97. The molecule has 4 nitrogen and oxygen atoms in total. The molecule has 0 saturated heterocycles. The Hall–Kier alpha value is -0.0800. The van der Waals surface area contributed by atoms with E-state index in [-0.39, 0.29) is 5.25 Å². The molecule has 0 radical (unpaired) electrons. The molecule has 1 aromatic rings. The lowest BCUT2D eigenvalue weighted by Gasteiger charge is -2.09. The Labute approximate surface area is 111 Å². The van der Waals surface area contributed by atoms with E-state index in [1.165, 1.54) is 11.3 Å². The van der Waals surface area contributed by atoms with Gasteiger partial charge in [0.15, 0.2) is 0 Å². The second kappa shape index (κ2) is 6.75. The number of sulfonamides is 1. The Kier molecular flexibility index (Phi) is 5.94. The van der Waals surface area contributed by atoms with Crippen molar-refractivity contribution >= 4 is 33.1 Å². The first-order valence-corrected chi connectivity index (χ1v) is 8.89. The third kappa shape index (κ3) is 4.59. The van der Waals surface area contributed by atoms with E-state index in [1.54, 1.807) is 17.8 Å². The van der Waals surface area contributed by atoms with Crippen molar-refractivity contribution < 1.29 is 8.42 Å². The fraction of sp³-hybridized carbons (Fsp3) is 0.600. The maximum atomic E-state index is 11.9. The van der Waals surface area contributed by atoms with Crippen molar-refractivity contribution in [3.63, 3.8) is 0 Å². The number of thiophene rings is 1. The van der Waals surface area contributed by atoms with E-state index in [0.717, 1.165) is 11.3 Å². The zero-order valence-corrected chi connectivity index (χ0v) is 12.4. The van der Waals surface area contributed by atoms with E-state index in [0.29, 0.717) is 17.3 Å². The van der Waals surface area contributed by atoms with E-state index in [9.17, 15) is 8.42 Å². The van der Waals surface area contributed by atoms with Crippen LogP contribution in [0.1, 0.15) is 11.8 Å². The van der Waals surface area contributed by atoms with Crippen LogP contribution in [0.5, 0.6) is 0 Å². The summed E-state index contributed by atoms with van der Waals surface area (Å²) in [5.41, 5.74) is 5.43. The maximum Gasteiger partial charge on any atom is 0.250 e. The monoisotopic (exact) mass is 294 g/mol. The Bertz CT molecular complexity index is 442. The number of nitrogens with two attached hydrogens (primary N) is 1. The Morgan fingerprint density at radius 3 is 2.82 bits per heavy atom. The second-order valence-electron chi connectivity index (χ2n) is 3.66. The normalized spacial score (nSPS) is 13.8. The lowest BCUT2D eigenvalue weighted by Crippen LogP contribution is -2.28. The third-order valence-electron chi connectivity index (χ3n) is 2.26. The van der Waals surface area contributed by atoms with Gasteiger partial charge < -0.3 is 5.73 Å². The lowest BCUT2D eigenvalue weighted by atomic mass is 10.3. The molecular formula is C10H18N2O2S3. The summed E-state index contributed by atoms with van der Waals surface area (Å²) in [7, 11) is -3.35. The van der Waals surface area contributed by atoms with Gasteiger partial charge in [0.1, 0.15) is 4.21 Å². The molecule has 0 bridgehead atoms. The quantitative estimate of drug-likeness (QED) is 0.794. The fourth-order valence-electron chi connectivity index (χ4n) is 1.16. The van der Waals surface area contributed by atoms with E-state index in [1.807, 2.05) is 19.2 Å². The molecule has 7 heteroatoms. The van der Waals surface area contributed by atoms with Crippen molar-refractivity contribution in [3.8, 4) is 0 Å². The summed E-state index contributed by atoms with van der Waals surface area (Å²) in [4.78, 5) is 1.01. The topological polar surface area (TPSA) is 72.2 Å². The lowest BCUT2D eigenvalue weighted by molar-refractivity contribution is 0.583. The van der Waals surface area contributed by atoms with Crippen molar-refractivity contribution in [3.05, 3.63) is 17.0 Å². The predicted octanol–water partition coefficient (Wildman–Crippen LogP) is 1.28. The van der Waals surface area contributed by atoms with Gasteiger partial charge in [-0.15, -0.1) is 11.3 Å². The average molecular weight is 294 g/mol. The van der Waals surface area contributed by atoms with Gasteiger partial charge in [-0.25, -0.2) is 13.1 Å². The van der Waals surface area contributed by atoms with Crippen molar-refractivity contribution in [1.82, 2.24) is 4.72 Å². The van der Waals surface area contributed by atoms with Crippen molar-refractivity contribution in [2.75, 3.05) is 19.3 Å². The van der Waals surface area contributed by atoms with Crippen molar-refractivity contribution in [1.29, 1.82) is 0 Å². The molecule has 0 fully saturated rings. The van der Waals surface area contributed by atoms with Gasteiger partial charge in [0.05, 0.1) is 0 Å². The molecule has 0 aliphatic carbocycles. The Morgan fingerprint density at radius 1 is 1.53 bits per heavy atom. The van der Waals surface area contributed by atoms with E-state index in [2.05, 4.69) is 4.72 Å².